The number of aryl methyl sites for hydroxylation is 1. The van der Waals surface area contributed by atoms with Gasteiger partial charge in [0, 0.05) is 12.3 Å². The second-order valence-electron chi connectivity index (χ2n) is 4.06. The number of hydrogen-bond donors (Lipinski definition) is 1. The van der Waals surface area contributed by atoms with Crippen LogP contribution in [0.3, 0.4) is 0 Å². The first-order valence-corrected chi connectivity index (χ1v) is 6.09. The fourth-order valence-corrected chi connectivity index (χ4v) is 1.92. The summed E-state index contributed by atoms with van der Waals surface area (Å²) in [6, 6.07) is 5.50. The van der Waals surface area contributed by atoms with Gasteiger partial charge in [0.15, 0.2) is 0 Å². The topological polar surface area (TPSA) is 103 Å². The smallest absolute Gasteiger partial charge is 0.341 e. The van der Waals surface area contributed by atoms with Gasteiger partial charge in [0.25, 0.3) is 0 Å². The zero-order chi connectivity index (χ0) is 15.6. The van der Waals surface area contributed by atoms with Crippen LogP contribution in [0.15, 0.2) is 30.5 Å². The van der Waals surface area contributed by atoms with Gasteiger partial charge in [-0.3, -0.25) is 10.1 Å². The molecule has 7 nitrogen and oxygen atoms in total. The minimum Gasteiger partial charge on any atom is -0.477 e. The molecule has 0 spiro atoms. The maximum absolute atomic E-state index is 11.2. The molecule has 1 aromatic carbocycles. The molecule has 0 unspecified atom stereocenters. The predicted molar refractivity (Wildman–Crippen MR) is 74.1 cm³/mol. The lowest BCUT2D eigenvalue weighted by atomic mass is 10.1. The summed E-state index contributed by atoms with van der Waals surface area (Å²) in [5, 5.41) is 20.2. The van der Waals surface area contributed by atoms with Crippen LogP contribution in [0.1, 0.15) is 15.9 Å². The van der Waals surface area contributed by atoms with Crippen LogP contribution in [-0.4, -0.2) is 21.0 Å². The Morgan fingerprint density at radius 2 is 2.14 bits per heavy atom. The van der Waals surface area contributed by atoms with Gasteiger partial charge in [-0.1, -0.05) is 17.7 Å². The molecule has 8 heteroatoms. The average molecular weight is 309 g/mol. The molecule has 2 rings (SSSR count). The number of nitrogens with zero attached hydrogens (tertiary/aromatic N) is 2. The highest BCUT2D eigenvalue weighted by Gasteiger charge is 2.23. The molecule has 108 valence electrons. The van der Waals surface area contributed by atoms with Gasteiger partial charge in [-0.25, -0.2) is 9.78 Å². The van der Waals surface area contributed by atoms with Crippen molar-refractivity contribution in [3.8, 4) is 11.6 Å². The van der Waals surface area contributed by atoms with Gasteiger partial charge in [-0.2, -0.15) is 0 Å². The first-order valence-electron chi connectivity index (χ1n) is 5.71. The fraction of sp³-hybridized carbons (Fsp3) is 0.0769. The van der Waals surface area contributed by atoms with Crippen molar-refractivity contribution in [3.05, 3.63) is 56.7 Å². The van der Waals surface area contributed by atoms with E-state index in [-0.39, 0.29) is 27.9 Å². The largest absolute Gasteiger partial charge is 0.477 e. The number of pyridine rings is 1. The van der Waals surface area contributed by atoms with Crippen molar-refractivity contribution in [2.45, 2.75) is 6.92 Å². The van der Waals surface area contributed by atoms with E-state index < -0.39 is 10.9 Å². The molecule has 2 aromatic rings. The molecule has 0 aliphatic carbocycles. The van der Waals surface area contributed by atoms with Gasteiger partial charge in [0.05, 0.1) is 9.95 Å². The van der Waals surface area contributed by atoms with E-state index >= 15 is 0 Å². The number of nitro groups is 1. The van der Waals surface area contributed by atoms with Crippen LogP contribution in [0, 0.1) is 17.0 Å². The van der Waals surface area contributed by atoms with Gasteiger partial charge in [0.2, 0.25) is 11.6 Å². The Balaban J connectivity index is 2.56. The highest BCUT2D eigenvalue weighted by atomic mass is 35.5. The molecule has 1 N–H and O–H groups in total. The Hall–Kier alpha value is -2.67. The summed E-state index contributed by atoms with van der Waals surface area (Å²) in [6.45, 7) is 1.57. The maximum atomic E-state index is 11.2. The van der Waals surface area contributed by atoms with Crippen LogP contribution in [0.4, 0.5) is 5.69 Å². The SMILES string of the molecule is Cc1ccnc(Oc2c(Cl)cccc2[N+](=O)[O-])c1C(=O)O. The standard InChI is InChI=1S/C13H9ClN2O5/c1-7-5-6-15-12(10(7)13(17)18)21-11-8(14)3-2-4-9(11)16(19)20/h2-6H,1H3,(H,17,18). The van der Waals surface area contributed by atoms with E-state index in [9.17, 15) is 20.0 Å². The van der Waals surface area contributed by atoms with E-state index in [4.69, 9.17) is 16.3 Å². The molecular formula is C13H9ClN2O5. The number of nitro benzene ring substituents is 1. The number of carboxylic acid groups (broad SMARTS) is 1. The normalized spacial score (nSPS) is 10.2. The first kappa shape index (κ1) is 14.7. The van der Waals surface area contributed by atoms with Crippen LogP contribution < -0.4 is 4.74 Å². The molecule has 0 aliphatic heterocycles. The van der Waals surface area contributed by atoms with Gasteiger partial charge < -0.3 is 9.84 Å². The molecule has 0 atom stereocenters. The van der Waals surface area contributed by atoms with E-state index in [0.717, 1.165) is 0 Å². The second kappa shape index (κ2) is 5.76. The summed E-state index contributed by atoms with van der Waals surface area (Å²) in [4.78, 5) is 25.4. The van der Waals surface area contributed by atoms with Crippen molar-refractivity contribution < 1.29 is 19.6 Å². The quantitative estimate of drug-likeness (QED) is 0.685. The van der Waals surface area contributed by atoms with Crippen molar-refractivity contribution in [1.29, 1.82) is 0 Å². The Kier molecular flexibility index (Phi) is 4.04. The highest BCUT2D eigenvalue weighted by Crippen LogP contribution is 2.38. The van der Waals surface area contributed by atoms with Crippen LogP contribution >= 0.6 is 11.6 Å². The molecule has 0 fully saturated rings. The van der Waals surface area contributed by atoms with E-state index in [0.29, 0.717) is 5.56 Å². The van der Waals surface area contributed by atoms with E-state index in [1.807, 2.05) is 0 Å². The maximum Gasteiger partial charge on any atom is 0.341 e. The minimum absolute atomic E-state index is 0.0103. The lowest BCUT2D eigenvalue weighted by Gasteiger charge is -2.10. The minimum atomic E-state index is -1.25. The zero-order valence-electron chi connectivity index (χ0n) is 10.7. The van der Waals surface area contributed by atoms with E-state index in [1.54, 1.807) is 6.92 Å². The number of hydrogen-bond acceptors (Lipinski definition) is 5. The van der Waals surface area contributed by atoms with E-state index in [2.05, 4.69) is 4.98 Å². The molecule has 1 heterocycles. The summed E-state index contributed by atoms with van der Waals surface area (Å²) in [5.41, 5.74) is -0.129. The van der Waals surface area contributed by atoms with Gasteiger partial charge >= 0.3 is 11.7 Å². The van der Waals surface area contributed by atoms with Gasteiger partial charge in [-0.05, 0) is 24.6 Å². The lowest BCUT2D eigenvalue weighted by Crippen LogP contribution is -2.05. The van der Waals surface area contributed by atoms with Crippen LogP contribution in [0.2, 0.25) is 5.02 Å². The Morgan fingerprint density at radius 3 is 2.76 bits per heavy atom. The number of aromatic nitrogens is 1. The summed E-state index contributed by atoms with van der Waals surface area (Å²) in [6.07, 6.45) is 1.35. The van der Waals surface area contributed by atoms with Crippen molar-refractivity contribution in [1.82, 2.24) is 4.98 Å². The summed E-state index contributed by atoms with van der Waals surface area (Å²) >= 11 is 5.89. The number of aromatic carboxylic acids is 1. The Labute approximate surface area is 123 Å². The molecule has 0 amide bonds. The third kappa shape index (κ3) is 2.92. The fourth-order valence-electron chi connectivity index (χ4n) is 1.71. The van der Waals surface area contributed by atoms with Crippen LogP contribution in [0.25, 0.3) is 0 Å². The number of rotatable bonds is 4. The second-order valence-corrected chi connectivity index (χ2v) is 4.47. The summed E-state index contributed by atoms with van der Waals surface area (Å²) in [7, 11) is 0. The van der Waals surface area contributed by atoms with Gasteiger partial charge in [-0.15, -0.1) is 0 Å². The number of carboxylic acids is 1. The average Bonchev–Trinajstić information content (AvgIpc) is 2.40. The molecule has 0 saturated carbocycles. The zero-order valence-corrected chi connectivity index (χ0v) is 11.5. The van der Waals surface area contributed by atoms with Gasteiger partial charge in [0.1, 0.15) is 5.56 Å². The summed E-state index contributed by atoms with van der Waals surface area (Å²) in [5.74, 6) is -1.74. The molecular weight excluding hydrogens is 300 g/mol. The lowest BCUT2D eigenvalue weighted by molar-refractivity contribution is -0.385. The van der Waals surface area contributed by atoms with Crippen molar-refractivity contribution in [2.75, 3.05) is 0 Å². The highest BCUT2D eigenvalue weighted by molar-refractivity contribution is 6.32. The Morgan fingerprint density at radius 1 is 1.43 bits per heavy atom. The van der Waals surface area contributed by atoms with Crippen molar-refractivity contribution in [3.63, 3.8) is 0 Å². The third-order valence-electron chi connectivity index (χ3n) is 2.68. The molecule has 1 aromatic heterocycles. The molecule has 0 bridgehead atoms. The molecule has 0 saturated heterocycles. The number of para-hydroxylation sites is 1. The number of benzene rings is 1. The number of halogens is 1. The van der Waals surface area contributed by atoms with E-state index in [1.165, 1.54) is 30.5 Å². The Bertz CT molecular complexity index is 732. The molecule has 0 aliphatic rings. The number of carbonyl (C=O) groups is 1. The first-order chi connectivity index (χ1) is 9.91. The van der Waals surface area contributed by atoms with Crippen molar-refractivity contribution >= 4 is 23.3 Å². The number of ether oxygens (including phenoxy) is 1. The van der Waals surface area contributed by atoms with Crippen molar-refractivity contribution in [2.24, 2.45) is 0 Å². The predicted octanol–water partition coefficient (Wildman–Crippen LogP) is 3.44. The molecule has 21 heavy (non-hydrogen) atoms. The molecule has 0 radical (unpaired) electrons. The van der Waals surface area contributed by atoms with Crippen LogP contribution in [-0.2, 0) is 0 Å². The van der Waals surface area contributed by atoms with Crippen LogP contribution in [0.5, 0.6) is 11.6 Å². The monoisotopic (exact) mass is 308 g/mol. The summed E-state index contributed by atoms with van der Waals surface area (Å²) < 4.78 is 5.31. The third-order valence-corrected chi connectivity index (χ3v) is 2.98.